The molecule has 0 aliphatic carbocycles. The summed E-state index contributed by atoms with van der Waals surface area (Å²) in [6.07, 6.45) is 2.98. The standard InChI is InChI=1S/C13H17N3O4/c1-13(8-12(17)18)4-6-15(7-5-13)11-3-2-10(9-14-11)16(19)20/h2-3,9H,4-8H2,1H3,(H,17,18). The summed E-state index contributed by atoms with van der Waals surface area (Å²) in [6, 6.07) is 3.07. The van der Waals surface area contributed by atoms with Gasteiger partial charge in [-0.3, -0.25) is 14.9 Å². The van der Waals surface area contributed by atoms with Gasteiger partial charge < -0.3 is 10.0 Å². The number of hydrogen-bond donors (Lipinski definition) is 1. The van der Waals surface area contributed by atoms with E-state index in [1.54, 1.807) is 6.07 Å². The SMILES string of the molecule is CC1(CC(=O)O)CCN(c2ccc([N+](=O)[O-])cn2)CC1. The van der Waals surface area contributed by atoms with Crippen molar-refractivity contribution < 1.29 is 14.8 Å². The number of nitro groups is 1. The third kappa shape index (κ3) is 3.23. The Morgan fingerprint density at radius 1 is 1.50 bits per heavy atom. The fraction of sp³-hybridized carbons (Fsp3) is 0.538. The van der Waals surface area contributed by atoms with Crippen molar-refractivity contribution in [2.24, 2.45) is 5.41 Å². The number of anilines is 1. The molecule has 1 fully saturated rings. The van der Waals surface area contributed by atoms with E-state index in [1.807, 2.05) is 11.8 Å². The van der Waals surface area contributed by atoms with Crippen molar-refractivity contribution >= 4 is 17.5 Å². The van der Waals surface area contributed by atoms with E-state index in [2.05, 4.69) is 4.98 Å². The average Bonchev–Trinajstić information content (AvgIpc) is 2.38. The first-order valence-electron chi connectivity index (χ1n) is 6.47. The molecule has 7 heteroatoms. The minimum Gasteiger partial charge on any atom is -0.481 e. The predicted octanol–water partition coefficient (Wildman–Crippen LogP) is 2.07. The van der Waals surface area contributed by atoms with E-state index < -0.39 is 10.9 Å². The maximum atomic E-state index is 10.8. The molecule has 1 aromatic rings. The van der Waals surface area contributed by atoms with Crippen LogP contribution in [0.2, 0.25) is 0 Å². The topological polar surface area (TPSA) is 96.6 Å². The second kappa shape index (κ2) is 5.44. The van der Waals surface area contributed by atoms with Gasteiger partial charge in [0.15, 0.2) is 0 Å². The summed E-state index contributed by atoms with van der Waals surface area (Å²) in [7, 11) is 0. The van der Waals surface area contributed by atoms with E-state index >= 15 is 0 Å². The second-order valence-electron chi connectivity index (χ2n) is 5.50. The van der Waals surface area contributed by atoms with Crippen LogP contribution in [0.3, 0.4) is 0 Å². The number of piperidine rings is 1. The summed E-state index contributed by atoms with van der Waals surface area (Å²) in [5, 5.41) is 19.5. The van der Waals surface area contributed by atoms with Crippen molar-refractivity contribution in [2.45, 2.75) is 26.2 Å². The van der Waals surface area contributed by atoms with E-state index in [9.17, 15) is 14.9 Å². The van der Waals surface area contributed by atoms with Crippen LogP contribution in [0.4, 0.5) is 11.5 Å². The number of aromatic nitrogens is 1. The van der Waals surface area contributed by atoms with Gasteiger partial charge in [-0.15, -0.1) is 0 Å². The molecule has 1 aromatic heterocycles. The highest BCUT2D eigenvalue weighted by atomic mass is 16.6. The van der Waals surface area contributed by atoms with Crippen LogP contribution in [0, 0.1) is 15.5 Å². The Labute approximate surface area is 116 Å². The molecule has 1 saturated heterocycles. The maximum absolute atomic E-state index is 10.8. The highest BCUT2D eigenvalue weighted by molar-refractivity contribution is 5.67. The molecule has 1 aliphatic rings. The molecule has 0 atom stereocenters. The number of aliphatic carboxylic acids is 1. The van der Waals surface area contributed by atoms with E-state index in [0.29, 0.717) is 18.9 Å². The molecule has 20 heavy (non-hydrogen) atoms. The molecule has 0 bridgehead atoms. The Balaban J connectivity index is 2.00. The van der Waals surface area contributed by atoms with Gasteiger partial charge in [-0.2, -0.15) is 0 Å². The zero-order valence-corrected chi connectivity index (χ0v) is 11.3. The summed E-state index contributed by atoms with van der Waals surface area (Å²) in [6.45, 7) is 3.42. The highest BCUT2D eigenvalue weighted by Crippen LogP contribution is 2.35. The lowest BCUT2D eigenvalue weighted by Gasteiger charge is -2.39. The zero-order chi connectivity index (χ0) is 14.8. The Hall–Kier alpha value is -2.18. The molecule has 0 spiro atoms. The van der Waals surface area contributed by atoms with Gasteiger partial charge in [0.1, 0.15) is 12.0 Å². The van der Waals surface area contributed by atoms with E-state index in [1.165, 1.54) is 12.3 Å². The van der Waals surface area contributed by atoms with Crippen molar-refractivity contribution in [3.63, 3.8) is 0 Å². The minimum atomic E-state index is -0.769. The summed E-state index contributed by atoms with van der Waals surface area (Å²) >= 11 is 0. The first-order valence-corrected chi connectivity index (χ1v) is 6.47. The van der Waals surface area contributed by atoms with Crippen LogP contribution in [0.25, 0.3) is 0 Å². The molecule has 0 saturated carbocycles. The van der Waals surface area contributed by atoms with Gasteiger partial charge in [-0.25, -0.2) is 4.98 Å². The number of nitrogens with zero attached hydrogens (tertiary/aromatic N) is 3. The normalized spacial score (nSPS) is 17.8. The second-order valence-corrected chi connectivity index (χ2v) is 5.50. The zero-order valence-electron chi connectivity index (χ0n) is 11.3. The lowest BCUT2D eigenvalue weighted by molar-refractivity contribution is -0.385. The van der Waals surface area contributed by atoms with Gasteiger partial charge >= 0.3 is 5.97 Å². The Bertz CT molecular complexity index is 507. The Morgan fingerprint density at radius 3 is 2.60 bits per heavy atom. The van der Waals surface area contributed by atoms with Crippen molar-refractivity contribution in [2.75, 3.05) is 18.0 Å². The number of rotatable bonds is 4. The van der Waals surface area contributed by atoms with Crippen molar-refractivity contribution in [3.8, 4) is 0 Å². The Kier molecular flexibility index (Phi) is 3.87. The first kappa shape index (κ1) is 14.2. The Morgan fingerprint density at radius 2 is 2.15 bits per heavy atom. The van der Waals surface area contributed by atoms with Gasteiger partial charge in [-0.1, -0.05) is 6.92 Å². The molecular formula is C13H17N3O4. The highest BCUT2D eigenvalue weighted by Gasteiger charge is 2.32. The molecule has 108 valence electrons. The predicted molar refractivity (Wildman–Crippen MR) is 72.7 cm³/mol. The van der Waals surface area contributed by atoms with E-state index in [-0.39, 0.29) is 17.5 Å². The largest absolute Gasteiger partial charge is 0.481 e. The number of carboxylic acids is 1. The van der Waals surface area contributed by atoms with Gasteiger partial charge in [0.25, 0.3) is 5.69 Å². The monoisotopic (exact) mass is 279 g/mol. The molecule has 1 N–H and O–H groups in total. The van der Waals surface area contributed by atoms with Crippen LogP contribution < -0.4 is 4.90 Å². The lowest BCUT2D eigenvalue weighted by atomic mass is 9.77. The van der Waals surface area contributed by atoms with Gasteiger partial charge in [0.2, 0.25) is 0 Å². The molecule has 1 aliphatic heterocycles. The number of carbonyl (C=O) groups is 1. The fourth-order valence-corrected chi connectivity index (χ4v) is 2.49. The molecule has 2 rings (SSSR count). The van der Waals surface area contributed by atoms with Crippen LogP contribution in [0.1, 0.15) is 26.2 Å². The third-order valence-electron chi connectivity index (χ3n) is 3.82. The first-order chi connectivity index (χ1) is 9.39. The van der Waals surface area contributed by atoms with Crippen LogP contribution in [0.5, 0.6) is 0 Å². The van der Waals surface area contributed by atoms with Crippen molar-refractivity contribution in [3.05, 3.63) is 28.4 Å². The number of pyridine rings is 1. The van der Waals surface area contributed by atoms with Crippen molar-refractivity contribution in [1.29, 1.82) is 0 Å². The molecule has 2 heterocycles. The molecule has 0 amide bonds. The summed E-state index contributed by atoms with van der Waals surface area (Å²) in [5.41, 5.74) is -0.204. The van der Waals surface area contributed by atoms with Crippen LogP contribution in [-0.4, -0.2) is 34.1 Å². The molecule has 0 unspecified atom stereocenters. The minimum absolute atomic E-state index is 0.0264. The fourth-order valence-electron chi connectivity index (χ4n) is 2.49. The quantitative estimate of drug-likeness (QED) is 0.669. The summed E-state index contributed by atoms with van der Waals surface area (Å²) in [5.74, 6) is -0.0672. The number of carboxylic acid groups (broad SMARTS) is 1. The maximum Gasteiger partial charge on any atom is 0.303 e. The van der Waals surface area contributed by atoms with Gasteiger partial charge in [0, 0.05) is 19.2 Å². The smallest absolute Gasteiger partial charge is 0.303 e. The van der Waals surface area contributed by atoms with Crippen molar-refractivity contribution in [1.82, 2.24) is 4.98 Å². The van der Waals surface area contributed by atoms with E-state index in [4.69, 9.17) is 5.11 Å². The van der Waals surface area contributed by atoms with E-state index in [0.717, 1.165) is 12.8 Å². The molecule has 0 radical (unpaired) electrons. The summed E-state index contributed by atoms with van der Waals surface area (Å²) in [4.78, 5) is 27.1. The molecule has 0 aromatic carbocycles. The van der Waals surface area contributed by atoms with Gasteiger partial charge in [-0.05, 0) is 24.3 Å². The van der Waals surface area contributed by atoms with Gasteiger partial charge in [0.05, 0.1) is 11.3 Å². The van der Waals surface area contributed by atoms with Crippen LogP contribution in [-0.2, 0) is 4.79 Å². The molecular weight excluding hydrogens is 262 g/mol. The number of hydrogen-bond acceptors (Lipinski definition) is 5. The van der Waals surface area contributed by atoms with Crippen LogP contribution >= 0.6 is 0 Å². The average molecular weight is 279 g/mol. The third-order valence-corrected chi connectivity index (χ3v) is 3.82. The molecule has 7 nitrogen and oxygen atoms in total. The van der Waals surface area contributed by atoms with Crippen LogP contribution in [0.15, 0.2) is 18.3 Å². The summed E-state index contributed by atoms with van der Waals surface area (Å²) < 4.78 is 0. The lowest BCUT2D eigenvalue weighted by Crippen LogP contribution is -2.40.